The maximum absolute atomic E-state index is 11.5. The van der Waals surface area contributed by atoms with Gasteiger partial charge in [-0.1, -0.05) is 6.92 Å². The van der Waals surface area contributed by atoms with E-state index in [2.05, 4.69) is 16.9 Å². The number of hydrogen-bond donors (Lipinski definition) is 1. The maximum Gasteiger partial charge on any atom is 0.341 e. The van der Waals surface area contributed by atoms with Gasteiger partial charge in [0, 0.05) is 13.6 Å². The summed E-state index contributed by atoms with van der Waals surface area (Å²) in [6, 6.07) is 0.198. The number of aromatic nitrogens is 2. The van der Waals surface area contributed by atoms with Crippen LogP contribution in [-0.4, -0.2) is 46.2 Å². The number of rotatable bonds is 3. The minimum absolute atomic E-state index is 0.0969. The van der Waals surface area contributed by atoms with Gasteiger partial charge in [-0.2, -0.15) is 5.10 Å². The van der Waals surface area contributed by atoms with Crippen LogP contribution >= 0.6 is 0 Å². The first-order chi connectivity index (χ1) is 8.95. The molecular weight excluding hydrogens is 246 g/mol. The summed E-state index contributed by atoms with van der Waals surface area (Å²) < 4.78 is 7.33. The van der Waals surface area contributed by atoms with Crippen molar-refractivity contribution in [2.45, 2.75) is 39.3 Å². The average molecular weight is 267 g/mol. The lowest BCUT2D eigenvalue weighted by atomic mass is 10.1. The van der Waals surface area contributed by atoms with Gasteiger partial charge in [-0.15, -0.1) is 0 Å². The minimum Gasteiger partial charge on any atom is -0.477 e. The number of nitrogens with zero attached hydrogens (tertiary/aromatic N) is 3. The SMILES string of the molecule is CCC1COC(C)CN1c1c(C(=O)O)c(C)nn1C. The van der Waals surface area contributed by atoms with Gasteiger partial charge < -0.3 is 14.7 Å². The highest BCUT2D eigenvalue weighted by Gasteiger charge is 2.32. The molecule has 0 aliphatic carbocycles. The third kappa shape index (κ3) is 2.45. The Labute approximate surface area is 113 Å². The molecule has 0 saturated carbocycles. The first-order valence-corrected chi connectivity index (χ1v) is 6.60. The van der Waals surface area contributed by atoms with Crippen molar-refractivity contribution in [2.75, 3.05) is 18.1 Å². The van der Waals surface area contributed by atoms with Gasteiger partial charge in [-0.05, 0) is 20.3 Å². The molecule has 1 aliphatic heterocycles. The Kier molecular flexibility index (Phi) is 3.80. The van der Waals surface area contributed by atoms with Crippen molar-refractivity contribution in [1.29, 1.82) is 0 Å². The Balaban J connectivity index is 2.46. The van der Waals surface area contributed by atoms with Gasteiger partial charge in [0.15, 0.2) is 0 Å². The fraction of sp³-hybridized carbons (Fsp3) is 0.692. The summed E-state index contributed by atoms with van der Waals surface area (Å²) in [7, 11) is 1.79. The van der Waals surface area contributed by atoms with Crippen molar-refractivity contribution in [3.05, 3.63) is 11.3 Å². The monoisotopic (exact) mass is 267 g/mol. The summed E-state index contributed by atoms with van der Waals surface area (Å²) in [5.74, 6) is -0.235. The molecule has 6 nitrogen and oxygen atoms in total. The predicted octanol–water partition coefficient (Wildman–Crippen LogP) is 1.43. The third-order valence-electron chi connectivity index (χ3n) is 3.62. The van der Waals surface area contributed by atoms with Gasteiger partial charge in [0.25, 0.3) is 0 Å². The standard InChI is InChI=1S/C13H21N3O3/c1-5-10-7-19-8(2)6-16(10)12-11(13(17)18)9(3)14-15(12)4/h8,10H,5-7H2,1-4H3,(H,17,18). The first kappa shape index (κ1) is 13.9. The zero-order valence-electron chi connectivity index (χ0n) is 11.9. The lowest BCUT2D eigenvalue weighted by Gasteiger charge is -2.39. The Morgan fingerprint density at radius 2 is 2.26 bits per heavy atom. The van der Waals surface area contributed by atoms with Gasteiger partial charge in [-0.25, -0.2) is 4.79 Å². The van der Waals surface area contributed by atoms with Crippen LogP contribution in [0.5, 0.6) is 0 Å². The third-order valence-corrected chi connectivity index (χ3v) is 3.62. The van der Waals surface area contributed by atoms with Crippen molar-refractivity contribution in [3.63, 3.8) is 0 Å². The summed E-state index contributed by atoms with van der Waals surface area (Å²) in [6.45, 7) is 7.14. The lowest BCUT2D eigenvalue weighted by molar-refractivity contribution is 0.0291. The quantitative estimate of drug-likeness (QED) is 0.897. The van der Waals surface area contributed by atoms with E-state index in [9.17, 15) is 9.90 Å². The van der Waals surface area contributed by atoms with Gasteiger partial charge in [0.05, 0.1) is 24.4 Å². The Hall–Kier alpha value is -1.56. The number of ether oxygens (including phenoxy) is 1. The molecule has 6 heteroatoms. The number of anilines is 1. The topological polar surface area (TPSA) is 67.6 Å². The molecule has 1 N–H and O–H groups in total. The van der Waals surface area contributed by atoms with Gasteiger partial charge in [0.2, 0.25) is 0 Å². The molecule has 0 radical (unpaired) electrons. The van der Waals surface area contributed by atoms with Crippen LogP contribution in [0, 0.1) is 6.92 Å². The molecule has 1 aliphatic rings. The summed E-state index contributed by atoms with van der Waals surface area (Å²) >= 11 is 0. The van der Waals surface area contributed by atoms with E-state index in [0.717, 1.165) is 6.42 Å². The van der Waals surface area contributed by atoms with E-state index in [1.807, 2.05) is 6.92 Å². The van der Waals surface area contributed by atoms with Crippen molar-refractivity contribution in [3.8, 4) is 0 Å². The normalized spacial score (nSPS) is 23.7. The maximum atomic E-state index is 11.5. The summed E-state index contributed by atoms with van der Waals surface area (Å²) in [4.78, 5) is 13.6. The molecule has 2 atom stereocenters. The highest BCUT2D eigenvalue weighted by molar-refractivity contribution is 5.95. The molecule has 2 heterocycles. The Bertz CT molecular complexity index is 484. The highest BCUT2D eigenvalue weighted by Crippen LogP contribution is 2.28. The molecule has 0 bridgehead atoms. The molecule has 19 heavy (non-hydrogen) atoms. The Morgan fingerprint density at radius 3 is 2.84 bits per heavy atom. The number of hydrogen-bond acceptors (Lipinski definition) is 4. The van der Waals surface area contributed by atoms with Gasteiger partial charge in [0.1, 0.15) is 11.4 Å². The number of morpholine rings is 1. The first-order valence-electron chi connectivity index (χ1n) is 6.60. The summed E-state index contributed by atoms with van der Waals surface area (Å²) in [5, 5.41) is 13.7. The van der Waals surface area contributed by atoms with Crippen LogP contribution in [0.3, 0.4) is 0 Å². The molecule has 2 unspecified atom stereocenters. The smallest absolute Gasteiger partial charge is 0.341 e. The fourth-order valence-electron chi connectivity index (χ4n) is 2.67. The van der Waals surface area contributed by atoms with E-state index in [1.165, 1.54) is 0 Å². The lowest BCUT2D eigenvalue weighted by Crippen LogP contribution is -2.49. The van der Waals surface area contributed by atoms with Crippen molar-refractivity contribution in [2.24, 2.45) is 7.05 Å². The molecule has 106 valence electrons. The van der Waals surface area contributed by atoms with Crippen LogP contribution in [-0.2, 0) is 11.8 Å². The van der Waals surface area contributed by atoms with E-state index in [0.29, 0.717) is 30.2 Å². The minimum atomic E-state index is -0.922. The number of aryl methyl sites for hydroxylation is 2. The van der Waals surface area contributed by atoms with Crippen LogP contribution in [0.4, 0.5) is 5.82 Å². The predicted molar refractivity (Wildman–Crippen MR) is 71.7 cm³/mol. The van der Waals surface area contributed by atoms with Gasteiger partial charge >= 0.3 is 5.97 Å². The van der Waals surface area contributed by atoms with Crippen molar-refractivity contribution >= 4 is 11.8 Å². The molecule has 1 fully saturated rings. The molecule has 0 amide bonds. The van der Waals surface area contributed by atoms with Crippen LogP contribution in [0.1, 0.15) is 36.3 Å². The fourth-order valence-corrected chi connectivity index (χ4v) is 2.67. The largest absolute Gasteiger partial charge is 0.477 e. The second-order valence-corrected chi connectivity index (χ2v) is 5.07. The van der Waals surface area contributed by atoms with Crippen molar-refractivity contribution < 1.29 is 14.6 Å². The number of carboxylic acids is 1. The number of aromatic carboxylic acids is 1. The van der Waals surface area contributed by atoms with Crippen LogP contribution in [0.15, 0.2) is 0 Å². The molecule has 2 rings (SSSR count). The van der Waals surface area contributed by atoms with Crippen molar-refractivity contribution in [1.82, 2.24) is 9.78 Å². The summed E-state index contributed by atoms with van der Waals surface area (Å²) in [6.07, 6.45) is 1.01. The number of carboxylic acid groups (broad SMARTS) is 1. The molecule has 1 aromatic rings. The van der Waals surface area contributed by atoms with E-state index >= 15 is 0 Å². The zero-order valence-corrected chi connectivity index (χ0v) is 11.9. The number of carbonyl (C=O) groups is 1. The summed E-state index contributed by atoms with van der Waals surface area (Å²) in [5.41, 5.74) is 0.856. The molecule has 1 aromatic heterocycles. The average Bonchev–Trinajstić information content (AvgIpc) is 2.64. The Morgan fingerprint density at radius 1 is 1.58 bits per heavy atom. The van der Waals surface area contributed by atoms with Crippen LogP contribution in [0.2, 0.25) is 0 Å². The van der Waals surface area contributed by atoms with Gasteiger partial charge in [-0.3, -0.25) is 4.68 Å². The van der Waals surface area contributed by atoms with E-state index in [1.54, 1.807) is 18.7 Å². The van der Waals surface area contributed by atoms with E-state index in [4.69, 9.17) is 4.74 Å². The van der Waals surface area contributed by atoms with E-state index < -0.39 is 5.97 Å². The molecule has 1 saturated heterocycles. The highest BCUT2D eigenvalue weighted by atomic mass is 16.5. The second-order valence-electron chi connectivity index (χ2n) is 5.07. The molecular formula is C13H21N3O3. The van der Waals surface area contributed by atoms with Crippen LogP contribution < -0.4 is 4.90 Å². The van der Waals surface area contributed by atoms with E-state index in [-0.39, 0.29) is 12.1 Å². The second kappa shape index (κ2) is 5.21. The molecule has 0 spiro atoms. The molecule has 0 aromatic carbocycles. The van der Waals surface area contributed by atoms with Crippen LogP contribution in [0.25, 0.3) is 0 Å². The zero-order chi connectivity index (χ0) is 14.2.